The van der Waals surface area contributed by atoms with Crippen molar-refractivity contribution in [1.29, 1.82) is 0 Å². The van der Waals surface area contributed by atoms with Gasteiger partial charge in [-0.3, -0.25) is 9.69 Å². The number of thiazole rings is 1. The Morgan fingerprint density at radius 1 is 1.45 bits per heavy atom. The predicted octanol–water partition coefficient (Wildman–Crippen LogP) is 2.53. The fraction of sp³-hybridized carbons (Fsp3) is 0.556. The van der Waals surface area contributed by atoms with Gasteiger partial charge in [-0.05, 0) is 20.8 Å². The van der Waals surface area contributed by atoms with Gasteiger partial charge in [0.05, 0.1) is 15.4 Å². The quantitative estimate of drug-likeness (QED) is 0.358. The zero-order valence-corrected chi connectivity index (χ0v) is 20.5. The van der Waals surface area contributed by atoms with Gasteiger partial charge in [0.2, 0.25) is 5.91 Å². The molecule has 4 N–H and O–H groups in total. The fourth-order valence-corrected chi connectivity index (χ4v) is 7.30. The highest BCUT2D eigenvalue weighted by molar-refractivity contribution is 8.07. The maximum atomic E-state index is 12.1. The normalized spacial score (nSPS) is 20.9. The second-order valence-electron chi connectivity index (χ2n) is 7.68. The zero-order chi connectivity index (χ0) is 22.8. The lowest BCUT2D eigenvalue weighted by molar-refractivity contribution is -0.147. The van der Waals surface area contributed by atoms with Crippen LogP contribution in [0.4, 0.5) is 4.79 Å². The number of carboxylic acid groups (broad SMARTS) is 1. The number of carbonyl (C=O) groups is 3. The van der Waals surface area contributed by atoms with Gasteiger partial charge in [-0.25, -0.2) is 14.6 Å². The molecule has 1 aromatic heterocycles. The topological polar surface area (TPSA) is 135 Å². The molecule has 0 radical (unpaired) electrons. The van der Waals surface area contributed by atoms with Gasteiger partial charge in [0.25, 0.3) is 0 Å². The minimum absolute atomic E-state index is 0.0222. The fourth-order valence-electron chi connectivity index (χ4n) is 2.82. The van der Waals surface area contributed by atoms with Gasteiger partial charge in [0.15, 0.2) is 0 Å². The van der Waals surface area contributed by atoms with Crippen LogP contribution in [0.5, 0.6) is 0 Å². The first-order valence-corrected chi connectivity index (χ1v) is 13.3. The summed E-state index contributed by atoms with van der Waals surface area (Å²) in [6.45, 7) is 5.90. The first-order valence-electron chi connectivity index (χ1n) is 9.40. The summed E-state index contributed by atoms with van der Waals surface area (Å²) in [6, 6.07) is -0.643. The molecule has 31 heavy (non-hydrogen) atoms. The summed E-state index contributed by atoms with van der Waals surface area (Å²) in [5.74, 6) is 0.313. The molecule has 13 heteroatoms. The largest absolute Gasteiger partial charge is 0.477 e. The molecule has 2 aliphatic heterocycles. The van der Waals surface area contributed by atoms with Crippen molar-refractivity contribution in [1.82, 2.24) is 15.2 Å². The summed E-state index contributed by atoms with van der Waals surface area (Å²) in [5.41, 5.74) is 7.86. The van der Waals surface area contributed by atoms with Crippen LogP contribution >= 0.6 is 46.6 Å². The van der Waals surface area contributed by atoms with Gasteiger partial charge < -0.3 is 20.9 Å². The number of hydrogen-bond donors (Lipinski definition) is 3. The number of alkyl carbamates (subject to hydrolysis) is 1. The van der Waals surface area contributed by atoms with Crippen molar-refractivity contribution in [3.05, 3.63) is 21.8 Å². The summed E-state index contributed by atoms with van der Waals surface area (Å²) >= 11 is 5.87. The van der Waals surface area contributed by atoms with Crippen molar-refractivity contribution < 1.29 is 24.2 Å². The van der Waals surface area contributed by atoms with E-state index in [1.807, 2.05) is 20.8 Å². The Morgan fingerprint density at radius 2 is 2.19 bits per heavy atom. The molecule has 0 aromatic carbocycles. The maximum Gasteiger partial charge on any atom is 0.407 e. The van der Waals surface area contributed by atoms with E-state index in [4.69, 9.17) is 10.5 Å². The van der Waals surface area contributed by atoms with E-state index >= 15 is 0 Å². The van der Waals surface area contributed by atoms with E-state index < -0.39 is 23.7 Å². The number of β-lactam (4-membered cyclic amide) rings is 1. The standard InChI is InChI=1S/C18H24N4O5S4/c1-18(2,3)27-17(26)20-4-5-28-6-9-16(30-8-21-9)31-10-7-29-14-11(19)13(23)22(14)12(10)15(24)25/h8,11,14H,4-7,19H2,1-3H3,(H,20,26)(H,24,25)/t11-,14+/m1/s1. The highest BCUT2D eigenvalue weighted by atomic mass is 32.2. The second kappa shape index (κ2) is 10.0. The average molecular weight is 505 g/mol. The first kappa shape index (κ1) is 24.2. The van der Waals surface area contributed by atoms with E-state index in [0.717, 1.165) is 9.90 Å². The van der Waals surface area contributed by atoms with E-state index in [-0.39, 0.29) is 17.0 Å². The molecule has 0 spiro atoms. The lowest BCUT2D eigenvalue weighted by Gasteiger charge is -2.47. The van der Waals surface area contributed by atoms with Crippen LogP contribution in [0.3, 0.4) is 0 Å². The van der Waals surface area contributed by atoms with E-state index in [0.29, 0.717) is 28.7 Å². The van der Waals surface area contributed by atoms with Gasteiger partial charge >= 0.3 is 12.1 Å². The molecule has 0 bridgehead atoms. The number of aromatic nitrogens is 1. The van der Waals surface area contributed by atoms with E-state index in [9.17, 15) is 19.5 Å². The van der Waals surface area contributed by atoms with Crippen LogP contribution in [0, 0.1) is 0 Å². The molecule has 0 unspecified atom stereocenters. The van der Waals surface area contributed by atoms with Gasteiger partial charge in [0.1, 0.15) is 22.7 Å². The third-order valence-corrected chi connectivity index (χ3v) is 8.81. The van der Waals surface area contributed by atoms with Crippen LogP contribution < -0.4 is 11.1 Å². The number of ether oxygens (including phenoxy) is 1. The first-order chi connectivity index (χ1) is 14.6. The Labute approximate surface area is 196 Å². The highest BCUT2D eigenvalue weighted by Crippen LogP contribution is 2.46. The molecular weight excluding hydrogens is 480 g/mol. The second-order valence-corrected chi connectivity index (χ2v) is 12.1. The molecule has 2 atom stereocenters. The number of amides is 2. The molecule has 1 fully saturated rings. The van der Waals surface area contributed by atoms with Crippen LogP contribution in [0.2, 0.25) is 0 Å². The number of nitrogens with zero attached hydrogens (tertiary/aromatic N) is 2. The van der Waals surface area contributed by atoms with Crippen molar-refractivity contribution in [3.63, 3.8) is 0 Å². The number of nitrogens with two attached hydrogens (primary N) is 1. The number of carboxylic acids is 1. The number of hydrogen-bond acceptors (Lipinski definition) is 10. The molecule has 3 rings (SSSR count). The average Bonchev–Trinajstić information content (AvgIpc) is 3.12. The number of aliphatic carboxylic acids is 1. The van der Waals surface area contributed by atoms with Crippen LogP contribution in [-0.2, 0) is 20.1 Å². The van der Waals surface area contributed by atoms with Crippen LogP contribution in [-0.4, -0.2) is 68.0 Å². The Balaban J connectivity index is 1.55. The van der Waals surface area contributed by atoms with Crippen molar-refractivity contribution in [3.8, 4) is 0 Å². The molecule has 170 valence electrons. The molecule has 0 aliphatic carbocycles. The predicted molar refractivity (Wildman–Crippen MR) is 124 cm³/mol. The monoisotopic (exact) mass is 504 g/mol. The summed E-state index contributed by atoms with van der Waals surface area (Å²) < 4.78 is 6.09. The lowest BCUT2D eigenvalue weighted by atomic mass is 10.1. The van der Waals surface area contributed by atoms with Gasteiger partial charge in [-0.15, -0.1) is 23.1 Å². The number of carbonyl (C=O) groups excluding carboxylic acids is 2. The summed E-state index contributed by atoms with van der Waals surface area (Å²) in [5, 5.41) is 12.1. The zero-order valence-electron chi connectivity index (χ0n) is 17.2. The third kappa shape index (κ3) is 5.89. The molecule has 2 amide bonds. The van der Waals surface area contributed by atoms with Gasteiger partial charge in [0, 0.05) is 28.7 Å². The van der Waals surface area contributed by atoms with Crippen molar-refractivity contribution in [2.45, 2.75) is 47.8 Å². The Morgan fingerprint density at radius 3 is 2.87 bits per heavy atom. The van der Waals surface area contributed by atoms with E-state index in [1.54, 1.807) is 17.3 Å². The highest BCUT2D eigenvalue weighted by Gasteiger charge is 2.52. The Kier molecular flexibility index (Phi) is 7.84. The number of nitrogens with one attached hydrogen (secondary N) is 1. The van der Waals surface area contributed by atoms with Crippen LogP contribution in [0.25, 0.3) is 0 Å². The third-order valence-electron chi connectivity index (χ3n) is 4.15. The smallest absolute Gasteiger partial charge is 0.407 e. The van der Waals surface area contributed by atoms with Gasteiger partial charge in [-0.2, -0.15) is 11.8 Å². The molecule has 2 aliphatic rings. The van der Waals surface area contributed by atoms with Crippen molar-refractivity contribution in [2.75, 3.05) is 18.1 Å². The van der Waals surface area contributed by atoms with Crippen molar-refractivity contribution >= 4 is 64.6 Å². The number of rotatable bonds is 8. The minimum Gasteiger partial charge on any atom is -0.477 e. The molecule has 1 saturated heterocycles. The lowest BCUT2D eigenvalue weighted by Crippen LogP contribution is -2.68. The molecule has 1 aromatic rings. The number of thioether (sulfide) groups is 3. The molecule has 9 nitrogen and oxygen atoms in total. The molecule has 0 saturated carbocycles. The van der Waals surface area contributed by atoms with E-state index in [2.05, 4.69) is 10.3 Å². The Bertz CT molecular complexity index is 898. The Hall–Kier alpha value is -1.41. The molecular formula is C18H24N4O5S4. The van der Waals surface area contributed by atoms with Crippen LogP contribution in [0.15, 0.2) is 20.3 Å². The summed E-state index contributed by atoms with van der Waals surface area (Å²) in [6.07, 6.45) is -0.445. The van der Waals surface area contributed by atoms with E-state index in [1.165, 1.54) is 39.8 Å². The van der Waals surface area contributed by atoms with Crippen molar-refractivity contribution in [2.24, 2.45) is 5.73 Å². The van der Waals surface area contributed by atoms with Crippen LogP contribution in [0.1, 0.15) is 26.5 Å². The number of fused-ring (bicyclic) bond motifs is 1. The van der Waals surface area contributed by atoms with Gasteiger partial charge in [-0.1, -0.05) is 11.8 Å². The minimum atomic E-state index is -1.12. The summed E-state index contributed by atoms with van der Waals surface area (Å²) in [7, 11) is 0. The summed E-state index contributed by atoms with van der Waals surface area (Å²) in [4.78, 5) is 41.9. The maximum absolute atomic E-state index is 12.1. The molecule has 3 heterocycles. The SMILES string of the molecule is CC(C)(C)OC(=O)NCCSCc1ncsc1SC1=C(C(=O)O)N2C(=O)[C@@H](N)[C@@H]2SC1.